The van der Waals surface area contributed by atoms with Crippen molar-refractivity contribution in [1.29, 1.82) is 0 Å². The van der Waals surface area contributed by atoms with E-state index in [2.05, 4.69) is 13.8 Å². The van der Waals surface area contributed by atoms with Gasteiger partial charge in [0.05, 0.1) is 12.7 Å². The monoisotopic (exact) mass is 370 g/mol. The van der Waals surface area contributed by atoms with Crippen LogP contribution in [0.25, 0.3) is 0 Å². The molecule has 0 saturated heterocycles. The number of ether oxygens (including phenoxy) is 2. The molecule has 0 heterocycles. The van der Waals surface area contributed by atoms with E-state index >= 15 is 0 Å². The molecule has 0 aromatic rings. The fourth-order valence-corrected chi connectivity index (χ4v) is 2.94. The summed E-state index contributed by atoms with van der Waals surface area (Å²) in [6, 6.07) is 0. The largest absolute Gasteiger partial charge is 0.465 e. The first-order chi connectivity index (χ1) is 12.6. The third kappa shape index (κ3) is 17.8. The number of hydrogen-bond donors (Lipinski definition) is 0. The summed E-state index contributed by atoms with van der Waals surface area (Å²) in [7, 11) is 0. The van der Waals surface area contributed by atoms with Crippen molar-refractivity contribution in [2.45, 2.75) is 123 Å². The average Bonchev–Trinajstić information content (AvgIpc) is 2.60. The Kier molecular flexibility index (Phi) is 18.0. The van der Waals surface area contributed by atoms with Crippen molar-refractivity contribution in [3.8, 4) is 0 Å². The van der Waals surface area contributed by atoms with E-state index in [1.54, 1.807) is 0 Å². The Bertz CT molecular complexity index is 341. The van der Waals surface area contributed by atoms with Crippen LogP contribution in [-0.2, 0) is 19.1 Å². The second-order valence-electron chi connectivity index (χ2n) is 7.38. The quantitative estimate of drug-likeness (QED) is 0.160. The van der Waals surface area contributed by atoms with Crippen molar-refractivity contribution >= 4 is 11.9 Å². The van der Waals surface area contributed by atoms with E-state index in [1.165, 1.54) is 57.8 Å². The summed E-state index contributed by atoms with van der Waals surface area (Å²) in [6.45, 7) is 6.62. The number of unbranched alkanes of at least 4 members (excludes halogenated alkanes) is 11. The Morgan fingerprint density at radius 3 is 1.73 bits per heavy atom. The molecule has 4 heteroatoms. The van der Waals surface area contributed by atoms with Gasteiger partial charge in [0.15, 0.2) is 0 Å². The van der Waals surface area contributed by atoms with Gasteiger partial charge in [-0.2, -0.15) is 0 Å². The van der Waals surface area contributed by atoms with Gasteiger partial charge in [-0.25, -0.2) is 0 Å². The van der Waals surface area contributed by atoms with Gasteiger partial charge >= 0.3 is 11.9 Å². The van der Waals surface area contributed by atoms with Gasteiger partial charge in [0.2, 0.25) is 0 Å². The normalized spacial score (nSPS) is 12.0. The smallest absolute Gasteiger partial charge is 0.317 e. The fraction of sp³-hybridized carbons (Fsp3) is 0.909. The molecule has 0 aromatic carbocycles. The van der Waals surface area contributed by atoms with E-state index in [-0.39, 0.29) is 12.5 Å². The summed E-state index contributed by atoms with van der Waals surface area (Å²) in [6.07, 6.45) is 16.4. The first-order valence-electron chi connectivity index (χ1n) is 10.9. The maximum atomic E-state index is 11.6. The summed E-state index contributed by atoms with van der Waals surface area (Å²) in [5.41, 5.74) is 0. The minimum absolute atomic E-state index is 0.123. The molecule has 0 N–H and O–H groups in total. The van der Waals surface area contributed by atoms with Crippen LogP contribution in [0.2, 0.25) is 0 Å². The van der Waals surface area contributed by atoms with E-state index < -0.39 is 11.9 Å². The molecule has 0 aliphatic carbocycles. The van der Waals surface area contributed by atoms with Crippen LogP contribution in [-0.4, -0.2) is 24.6 Å². The molecule has 154 valence electrons. The van der Waals surface area contributed by atoms with Gasteiger partial charge in [0.1, 0.15) is 6.42 Å². The van der Waals surface area contributed by atoms with Gasteiger partial charge in [-0.3, -0.25) is 9.59 Å². The highest BCUT2D eigenvalue weighted by molar-refractivity contribution is 5.91. The fourth-order valence-electron chi connectivity index (χ4n) is 2.94. The molecule has 0 radical (unpaired) electrons. The first kappa shape index (κ1) is 24.9. The van der Waals surface area contributed by atoms with Crippen LogP contribution < -0.4 is 0 Å². The molecule has 0 aliphatic heterocycles. The lowest BCUT2D eigenvalue weighted by atomic mass is 10.1. The molecule has 26 heavy (non-hydrogen) atoms. The highest BCUT2D eigenvalue weighted by atomic mass is 16.6. The second kappa shape index (κ2) is 18.7. The summed E-state index contributed by atoms with van der Waals surface area (Å²) < 4.78 is 10.3. The highest BCUT2D eigenvalue weighted by Gasteiger charge is 2.14. The number of carbonyl (C=O) groups is 2. The molecule has 0 aliphatic rings. The van der Waals surface area contributed by atoms with Crippen LogP contribution in [0.15, 0.2) is 0 Å². The summed E-state index contributed by atoms with van der Waals surface area (Å²) in [4.78, 5) is 23.2. The van der Waals surface area contributed by atoms with E-state index in [4.69, 9.17) is 9.47 Å². The lowest BCUT2D eigenvalue weighted by molar-refractivity contribution is -0.157. The minimum Gasteiger partial charge on any atom is -0.465 e. The lowest BCUT2D eigenvalue weighted by Gasteiger charge is -2.12. The molecular weight excluding hydrogens is 328 g/mol. The topological polar surface area (TPSA) is 52.6 Å². The van der Waals surface area contributed by atoms with Crippen LogP contribution in [0.5, 0.6) is 0 Å². The molecule has 1 unspecified atom stereocenters. The van der Waals surface area contributed by atoms with Gasteiger partial charge in [0, 0.05) is 0 Å². The van der Waals surface area contributed by atoms with Gasteiger partial charge in [-0.1, -0.05) is 90.9 Å². The third-order valence-electron chi connectivity index (χ3n) is 4.60. The predicted molar refractivity (Wildman–Crippen MR) is 107 cm³/mol. The molecule has 0 amide bonds. The molecule has 4 nitrogen and oxygen atoms in total. The second-order valence-corrected chi connectivity index (χ2v) is 7.38. The van der Waals surface area contributed by atoms with Crippen molar-refractivity contribution in [1.82, 2.24) is 0 Å². The maximum Gasteiger partial charge on any atom is 0.317 e. The van der Waals surface area contributed by atoms with Crippen molar-refractivity contribution in [3.05, 3.63) is 0 Å². The van der Waals surface area contributed by atoms with E-state index in [0.29, 0.717) is 6.61 Å². The zero-order valence-corrected chi connectivity index (χ0v) is 17.5. The predicted octanol–water partition coefficient (Wildman–Crippen LogP) is 6.35. The molecule has 0 aromatic heterocycles. The first-order valence-corrected chi connectivity index (χ1v) is 10.9. The number of esters is 2. The van der Waals surface area contributed by atoms with Crippen LogP contribution in [0.4, 0.5) is 0 Å². The Morgan fingerprint density at radius 1 is 0.692 bits per heavy atom. The zero-order chi connectivity index (χ0) is 19.5. The molecule has 0 rings (SSSR count). The standard InChI is InChI=1S/C22H42O4/c1-4-6-8-9-10-11-12-13-14-15-16-18-25-21(23)19-22(24)26-20(3)17-7-5-2/h20H,4-19H2,1-3H3. The molecule has 0 fully saturated rings. The Labute approximate surface area is 161 Å². The third-order valence-corrected chi connectivity index (χ3v) is 4.60. The van der Waals surface area contributed by atoms with Crippen LogP contribution in [0.3, 0.4) is 0 Å². The molecule has 0 saturated carbocycles. The Hall–Kier alpha value is -1.06. The lowest BCUT2D eigenvalue weighted by Crippen LogP contribution is -2.19. The molecular formula is C22H42O4. The van der Waals surface area contributed by atoms with Crippen LogP contribution in [0, 0.1) is 0 Å². The van der Waals surface area contributed by atoms with Crippen molar-refractivity contribution < 1.29 is 19.1 Å². The van der Waals surface area contributed by atoms with Gasteiger partial charge in [0.25, 0.3) is 0 Å². The molecule has 0 bridgehead atoms. The SMILES string of the molecule is CCCCCCCCCCCCCOC(=O)CC(=O)OC(C)CCCC. The number of hydrogen-bond acceptors (Lipinski definition) is 4. The highest BCUT2D eigenvalue weighted by Crippen LogP contribution is 2.11. The molecule has 0 spiro atoms. The van der Waals surface area contributed by atoms with Gasteiger partial charge < -0.3 is 9.47 Å². The van der Waals surface area contributed by atoms with Crippen LogP contribution >= 0.6 is 0 Å². The Balaban J connectivity index is 3.39. The minimum atomic E-state index is -0.475. The van der Waals surface area contributed by atoms with E-state index in [9.17, 15) is 9.59 Å². The summed E-state index contributed by atoms with van der Waals surface area (Å²) in [5, 5.41) is 0. The number of carbonyl (C=O) groups excluding carboxylic acids is 2. The van der Waals surface area contributed by atoms with E-state index in [0.717, 1.165) is 32.1 Å². The Morgan fingerprint density at radius 2 is 1.19 bits per heavy atom. The molecule has 1 atom stereocenters. The summed E-state index contributed by atoms with van der Waals surface area (Å²) >= 11 is 0. The van der Waals surface area contributed by atoms with Crippen LogP contribution in [0.1, 0.15) is 117 Å². The van der Waals surface area contributed by atoms with Gasteiger partial charge in [-0.05, 0) is 19.8 Å². The number of rotatable bonds is 18. The maximum absolute atomic E-state index is 11.6. The van der Waals surface area contributed by atoms with Crippen molar-refractivity contribution in [2.75, 3.05) is 6.61 Å². The van der Waals surface area contributed by atoms with Crippen molar-refractivity contribution in [3.63, 3.8) is 0 Å². The average molecular weight is 371 g/mol. The summed E-state index contributed by atoms with van der Waals surface area (Å²) in [5.74, 6) is -0.942. The zero-order valence-electron chi connectivity index (χ0n) is 17.5. The van der Waals surface area contributed by atoms with Crippen molar-refractivity contribution in [2.24, 2.45) is 0 Å². The van der Waals surface area contributed by atoms with E-state index in [1.807, 2.05) is 6.92 Å². The van der Waals surface area contributed by atoms with Gasteiger partial charge in [-0.15, -0.1) is 0 Å².